The first-order valence-electron chi connectivity index (χ1n) is 4.13. The lowest BCUT2D eigenvalue weighted by molar-refractivity contribution is 0.490. The van der Waals surface area contributed by atoms with E-state index in [1.165, 1.54) is 0 Å². The van der Waals surface area contributed by atoms with Crippen LogP contribution in [0.1, 0.15) is 0 Å². The quantitative estimate of drug-likeness (QED) is 0.589. The topological polar surface area (TPSA) is 9.23 Å². The summed E-state index contributed by atoms with van der Waals surface area (Å²) in [6, 6.07) is 2.14. The molecule has 1 aromatic rings. The second-order valence-electron chi connectivity index (χ2n) is 3.91. The summed E-state index contributed by atoms with van der Waals surface area (Å²) in [7, 11) is -1.79. The summed E-state index contributed by atoms with van der Waals surface area (Å²) in [6.07, 6.45) is 0. The van der Waals surface area contributed by atoms with Gasteiger partial charge >= 0.3 is 0 Å². The number of rotatable bonds is 2. The molecule has 0 aliphatic carbocycles. The molecule has 0 aliphatic rings. The summed E-state index contributed by atoms with van der Waals surface area (Å²) >= 11 is 3.12. The lowest BCUT2D eigenvalue weighted by atomic mass is 10.3. The minimum absolute atomic E-state index is 0.364. The van der Waals surface area contributed by atoms with Crippen molar-refractivity contribution in [1.29, 1.82) is 0 Å². The van der Waals surface area contributed by atoms with E-state index >= 15 is 0 Å². The van der Waals surface area contributed by atoms with Crippen LogP contribution in [0.2, 0.25) is 19.6 Å². The van der Waals surface area contributed by atoms with Crippen molar-refractivity contribution in [3.63, 3.8) is 0 Å². The highest BCUT2D eigenvalue weighted by atomic mass is 79.9. The first-order valence-corrected chi connectivity index (χ1v) is 8.33. The maximum absolute atomic E-state index is 12.9. The summed E-state index contributed by atoms with van der Waals surface area (Å²) in [5.74, 6) is -1.40. The van der Waals surface area contributed by atoms with Crippen molar-refractivity contribution in [1.82, 2.24) is 0 Å². The van der Waals surface area contributed by atoms with E-state index in [9.17, 15) is 8.78 Å². The number of benzene rings is 1. The Bertz CT molecular complexity index is 349. The molecule has 0 radical (unpaired) electrons. The number of halogens is 3. The van der Waals surface area contributed by atoms with Crippen LogP contribution in [0.3, 0.4) is 0 Å². The minimum atomic E-state index is -1.79. The Morgan fingerprint density at radius 2 is 1.64 bits per heavy atom. The maximum Gasteiger partial charge on any atom is 0.242 e. The molecule has 0 saturated carbocycles. The van der Waals surface area contributed by atoms with Crippen molar-refractivity contribution >= 4 is 24.2 Å². The average molecular weight is 281 g/mol. The van der Waals surface area contributed by atoms with Gasteiger partial charge in [0, 0.05) is 6.07 Å². The number of hydrogen-bond acceptors (Lipinski definition) is 1. The third-order valence-electron chi connectivity index (χ3n) is 1.39. The Morgan fingerprint density at radius 1 is 1.14 bits per heavy atom. The average Bonchev–Trinajstić information content (AvgIpc) is 1.97. The highest BCUT2D eigenvalue weighted by molar-refractivity contribution is 9.10. The van der Waals surface area contributed by atoms with Gasteiger partial charge in [0.25, 0.3) is 0 Å². The van der Waals surface area contributed by atoms with Crippen LogP contribution in [0.15, 0.2) is 16.6 Å². The van der Waals surface area contributed by atoms with E-state index in [1.54, 1.807) is 0 Å². The lowest BCUT2D eigenvalue weighted by Gasteiger charge is -2.20. The van der Waals surface area contributed by atoms with Gasteiger partial charge in [0.15, 0.2) is 11.6 Å². The van der Waals surface area contributed by atoms with Crippen molar-refractivity contribution in [3.05, 3.63) is 28.2 Å². The zero-order chi connectivity index (χ0) is 10.9. The molecule has 0 saturated heterocycles. The van der Waals surface area contributed by atoms with Gasteiger partial charge in [-0.1, -0.05) is 0 Å². The maximum atomic E-state index is 12.9. The predicted molar refractivity (Wildman–Crippen MR) is 58.0 cm³/mol. The third-order valence-corrected chi connectivity index (χ3v) is 2.84. The molecule has 0 heterocycles. The molecule has 1 nitrogen and oxygen atoms in total. The van der Waals surface area contributed by atoms with Crippen LogP contribution in [-0.4, -0.2) is 8.32 Å². The zero-order valence-electron chi connectivity index (χ0n) is 8.20. The van der Waals surface area contributed by atoms with Crippen LogP contribution >= 0.6 is 15.9 Å². The van der Waals surface area contributed by atoms with Gasteiger partial charge in [-0.15, -0.1) is 0 Å². The molecular formula is C9H11BrF2OSi. The lowest BCUT2D eigenvalue weighted by Crippen LogP contribution is -2.29. The monoisotopic (exact) mass is 280 g/mol. The van der Waals surface area contributed by atoms with Crippen LogP contribution < -0.4 is 4.43 Å². The van der Waals surface area contributed by atoms with Crippen molar-refractivity contribution in [3.8, 4) is 5.75 Å². The summed E-state index contributed by atoms with van der Waals surface area (Å²) in [5.41, 5.74) is 0. The second-order valence-corrected chi connectivity index (χ2v) is 9.19. The van der Waals surface area contributed by atoms with Crippen LogP contribution in [0.25, 0.3) is 0 Å². The van der Waals surface area contributed by atoms with E-state index in [0.717, 1.165) is 12.1 Å². The highest BCUT2D eigenvalue weighted by Crippen LogP contribution is 2.29. The Labute approximate surface area is 91.3 Å². The van der Waals surface area contributed by atoms with Gasteiger partial charge in [-0.05, 0) is 41.6 Å². The third kappa shape index (κ3) is 3.06. The number of hydrogen-bond donors (Lipinski definition) is 0. The molecule has 0 N–H and O–H groups in total. The van der Waals surface area contributed by atoms with Gasteiger partial charge in [0.1, 0.15) is 5.75 Å². The van der Waals surface area contributed by atoms with Crippen LogP contribution in [-0.2, 0) is 0 Å². The van der Waals surface area contributed by atoms with Crippen LogP contribution in [0, 0.1) is 11.6 Å². The summed E-state index contributed by atoms with van der Waals surface area (Å²) in [6.45, 7) is 5.92. The van der Waals surface area contributed by atoms with Crippen molar-refractivity contribution < 1.29 is 13.2 Å². The van der Waals surface area contributed by atoms with Crippen molar-refractivity contribution in [2.75, 3.05) is 0 Å². The summed E-state index contributed by atoms with van der Waals surface area (Å²) < 4.78 is 31.6. The van der Waals surface area contributed by atoms with Crippen molar-refractivity contribution in [2.45, 2.75) is 19.6 Å². The molecule has 5 heteroatoms. The first-order chi connectivity index (χ1) is 6.29. The fourth-order valence-electron chi connectivity index (χ4n) is 0.912. The summed E-state index contributed by atoms with van der Waals surface area (Å²) in [5, 5.41) is 0. The van der Waals surface area contributed by atoms with E-state index < -0.39 is 20.0 Å². The van der Waals surface area contributed by atoms with E-state index in [0.29, 0.717) is 10.2 Å². The van der Waals surface area contributed by atoms with Gasteiger partial charge in [0.2, 0.25) is 8.32 Å². The molecule has 78 valence electrons. The molecule has 0 amide bonds. The minimum Gasteiger partial charge on any atom is -0.543 e. The zero-order valence-corrected chi connectivity index (χ0v) is 10.8. The Kier molecular flexibility index (Phi) is 3.31. The van der Waals surface area contributed by atoms with Crippen LogP contribution in [0.5, 0.6) is 5.75 Å². The highest BCUT2D eigenvalue weighted by Gasteiger charge is 2.19. The fourth-order valence-corrected chi connectivity index (χ4v) is 2.29. The normalized spacial score (nSPS) is 11.6. The summed E-state index contributed by atoms with van der Waals surface area (Å²) in [4.78, 5) is 0. The smallest absolute Gasteiger partial charge is 0.242 e. The van der Waals surface area contributed by atoms with E-state index in [1.807, 2.05) is 19.6 Å². The molecule has 0 spiro atoms. The molecule has 0 unspecified atom stereocenters. The van der Waals surface area contributed by atoms with Gasteiger partial charge in [-0.3, -0.25) is 0 Å². The van der Waals surface area contributed by atoms with Gasteiger partial charge in [-0.25, -0.2) is 8.78 Å². The molecule has 0 fully saturated rings. The van der Waals surface area contributed by atoms with Crippen molar-refractivity contribution in [2.24, 2.45) is 0 Å². The van der Waals surface area contributed by atoms with Gasteiger partial charge in [0.05, 0.1) is 4.47 Å². The molecule has 0 atom stereocenters. The first kappa shape index (κ1) is 11.7. The molecule has 1 aromatic carbocycles. The van der Waals surface area contributed by atoms with E-state index in [-0.39, 0.29) is 0 Å². The molecule has 1 rings (SSSR count). The molecular weight excluding hydrogens is 270 g/mol. The predicted octanol–water partition coefficient (Wildman–Crippen LogP) is 3.94. The Hall–Kier alpha value is -0.423. The van der Waals surface area contributed by atoms with Gasteiger partial charge < -0.3 is 4.43 Å². The van der Waals surface area contributed by atoms with E-state index in [4.69, 9.17) is 4.43 Å². The van der Waals surface area contributed by atoms with Crippen LogP contribution in [0.4, 0.5) is 8.78 Å². The molecule has 0 aromatic heterocycles. The second kappa shape index (κ2) is 3.98. The van der Waals surface area contributed by atoms with E-state index in [2.05, 4.69) is 15.9 Å². The molecule has 0 aliphatic heterocycles. The SMILES string of the molecule is C[Si](C)(C)Oc1cc(F)c(F)cc1Br. The Morgan fingerprint density at radius 3 is 2.14 bits per heavy atom. The Balaban J connectivity index is 3.04. The standard InChI is InChI=1S/C9H11BrF2OSi/c1-14(2,3)13-9-5-8(12)7(11)4-6(9)10/h4-5H,1-3H3. The largest absolute Gasteiger partial charge is 0.543 e. The molecule has 0 bridgehead atoms. The molecule has 14 heavy (non-hydrogen) atoms. The fraction of sp³-hybridized carbons (Fsp3) is 0.333. The van der Waals surface area contributed by atoms with Gasteiger partial charge in [-0.2, -0.15) is 0 Å².